The van der Waals surface area contributed by atoms with Crippen molar-refractivity contribution in [3.8, 4) is 22.9 Å². The van der Waals surface area contributed by atoms with Crippen LogP contribution >= 0.6 is 11.8 Å². The van der Waals surface area contributed by atoms with Crippen LogP contribution in [0.1, 0.15) is 10.4 Å². The minimum Gasteiger partial charge on any atom is -0.463 e. The van der Waals surface area contributed by atoms with Crippen LogP contribution in [0, 0.1) is 0 Å². The van der Waals surface area contributed by atoms with Crippen molar-refractivity contribution in [2.24, 2.45) is 4.99 Å². The summed E-state index contributed by atoms with van der Waals surface area (Å²) in [7, 11) is 0. The number of thioether (sulfide) groups is 1. The van der Waals surface area contributed by atoms with Crippen LogP contribution in [-0.2, 0) is 0 Å². The van der Waals surface area contributed by atoms with Gasteiger partial charge in [0, 0.05) is 11.3 Å². The number of aromatic nitrogens is 2. The van der Waals surface area contributed by atoms with Gasteiger partial charge in [-0.1, -0.05) is 11.8 Å². The maximum atomic E-state index is 12.5. The molecule has 138 valence electrons. The molecule has 4 aromatic rings. The normalized spacial score (nSPS) is 13.6. The molecule has 1 aromatic carbocycles. The molecular formula is C20H14N4O3S. The molecular weight excluding hydrogens is 376 g/mol. The summed E-state index contributed by atoms with van der Waals surface area (Å²) in [5.41, 5.74) is 2.89. The van der Waals surface area contributed by atoms with E-state index >= 15 is 0 Å². The third kappa shape index (κ3) is 3.07. The van der Waals surface area contributed by atoms with Crippen LogP contribution in [0.25, 0.3) is 33.9 Å². The molecule has 4 heterocycles. The van der Waals surface area contributed by atoms with E-state index in [-0.39, 0.29) is 5.91 Å². The van der Waals surface area contributed by atoms with Gasteiger partial charge in [-0.2, -0.15) is 0 Å². The van der Waals surface area contributed by atoms with E-state index in [0.29, 0.717) is 44.7 Å². The third-order valence-corrected chi connectivity index (χ3v) is 5.13. The molecule has 0 fully saturated rings. The first-order valence-corrected chi connectivity index (χ1v) is 9.65. The second kappa shape index (κ2) is 6.97. The Balaban J connectivity index is 1.59. The number of nitrogens with zero attached hydrogens (tertiary/aromatic N) is 3. The zero-order chi connectivity index (χ0) is 18.9. The molecule has 1 amide bonds. The second-order valence-electron chi connectivity index (χ2n) is 6.07. The van der Waals surface area contributed by atoms with Crippen molar-refractivity contribution in [2.75, 3.05) is 12.3 Å². The molecule has 0 unspecified atom stereocenters. The van der Waals surface area contributed by atoms with Crippen molar-refractivity contribution < 1.29 is 13.6 Å². The Morgan fingerprint density at radius 3 is 2.29 bits per heavy atom. The van der Waals surface area contributed by atoms with Crippen molar-refractivity contribution in [3.05, 3.63) is 60.6 Å². The molecule has 0 saturated heterocycles. The van der Waals surface area contributed by atoms with Gasteiger partial charge in [-0.3, -0.25) is 9.79 Å². The predicted octanol–water partition coefficient (Wildman–Crippen LogP) is 3.98. The monoisotopic (exact) mass is 390 g/mol. The van der Waals surface area contributed by atoms with E-state index < -0.39 is 0 Å². The summed E-state index contributed by atoms with van der Waals surface area (Å²) >= 11 is 1.54. The highest BCUT2D eigenvalue weighted by molar-refractivity contribution is 8.14. The van der Waals surface area contributed by atoms with E-state index in [1.54, 1.807) is 42.9 Å². The van der Waals surface area contributed by atoms with Gasteiger partial charge in [0.05, 0.1) is 30.1 Å². The van der Waals surface area contributed by atoms with Crippen LogP contribution < -0.4 is 5.32 Å². The Kier molecular flexibility index (Phi) is 4.17. The van der Waals surface area contributed by atoms with Crippen molar-refractivity contribution in [1.29, 1.82) is 0 Å². The van der Waals surface area contributed by atoms with Gasteiger partial charge in [0.2, 0.25) is 0 Å². The topological polar surface area (TPSA) is 93.5 Å². The molecule has 1 aliphatic heterocycles. The number of hydrogen-bond acceptors (Lipinski definition) is 7. The Morgan fingerprint density at radius 2 is 1.68 bits per heavy atom. The first-order valence-electron chi connectivity index (χ1n) is 8.66. The summed E-state index contributed by atoms with van der Waals surface area (Å²) in [6, 6.07) is 12.4. The van der Waals surface area contributed by atoms with Gasteiger partial charge in [-0.05, 0) is 42.5 Å². The average molecular weight is 390 g/mol. The van der Waals surface area contributed by atoms with E-state index in [1.807, 2.05) is 12.1 Å². The van der Waals surface area contributed by atoms with Gasteiger partial charge in [-0.25, -0.2) is 9.97 Å². The number of aliphatic imine (C=N–C) groups is 1. The largest absolute Gasteiger partial charge is 0.463 e. The van der Waals surface area contributed by atoms with E-state index in [4.69, 9.17) is 18.8 Å². The fourth-order valence-corrected chi connectivity index (χ4v) is 3.67. The summed E-state index contributed by atoms with van der Waals surface area (Å²) in [5.74, 6) is 1.85. The maximum Gasteiger partial charge on any atom is 0.257 e. The number of fused-ring (bicyclic) bond motifs is 1. The highest BCUT2D eigenvalue weighted by Gasteiger charge is 2.19. The van der Waals surface area contributed by atoms with Crippen LogP contribution in [-0.4, -0.2) is 33.3 Å². The third-order valence-electron chi connectivity index (χ3n) is 4.24. The molecule has 0 spiro atoms. The first-order chi connectivity index (χ1) is 13.8. The SMILES string of the molecule is O=C(NC1=NCCS1)c1ccc2nc(-c3ccco3)c(-c3ccco3)nc2c1. The Hall–Kier alpha value is -3.39. The standard InChI is InChI=1S/C20H14N4O3S/c25-19(24-20-21-7-10-28-20)12-5-6-13-14(11-12)23-18(16-4-2-9-27-16)17(22-13)15-3-1-8-26-15/h1-6,8-9,11H,7,10H2,(H,21,24,25). The molecule has 28 heavy (non-hydrogen) atoms. The molecule has 0 atom stereocenters. The highest BCUT2D eigenvalue weighted by atomic mass is 32.2. The highest BCUT2D eigenvalue weighted by Crippen LogP contribution is 2.31. The van der Waals surface area contributed by atoms with Crippen molar-refractivity contribution >= 4 is 33.9 Å². The molecule has 1 aliphatic rings. The molecule has 8 heteroatoms. The molecule has 5 rings (SSSR count). The van der Waals surface area contributed by atoms with Crippen LogP contribution in [0.5, 0.6) is 0 Å². The van der Waals surface area contributed by atoms with E-state index in [1.165, 1.54) is 11.8 Å². The van der Waals surface area contributed by atoms with E-state index in [0.717, 1.165) is 12.3 Å². The van der Waals surface area contributed by atoms with Crippen LogP contribution in [0.3, 0.4) is 0 Å². The second-order valence-corrected chi connectivity index (χ2v) is 7.15. The summed E-state index contributed by atoms with van der Waals surface area (Å²) in [4.78, 5) is 26.2. The van der Waals surface area contributed by atoms with Gasteiger partial charge in [-0.15, -0.1) is 0 Å². The molecule has 0 radical (unpaired) electrons. The fraction of sp³-hybridized carbons (Fsp3) is 0.100. The summed E-state index contributed by atoms with van der Waals surface area (Å²) < 4.78 is 11.1. The number of hydrogen-bond donors (Lipinski definition) is 1. The number of amidine groups is 1. The Bertz CT molecular complexity index is 1180. The lowest BCUT2D eigenvalue weighted by molar-refractivity contribution is 0.0978. The van der Waals surface area contributed by atoms with Gasteiger partial charge in [0.25, 0.3) is 5.91 Å². The molecule has 1 N–H and O–H groups in total. The summed E-state index contributed by atoms with van der Waals surface area (Å²) in [6.45, 7) is 0.728. The van der Waals surface area contributed by atoms with Gasteiger partial charge in [0.15, 0.2) is 16.7 Å². The Morgan fingerprint density at radius 1 is 0.964 bits per heavy atom. The number of carbonyl (C=O) groups excluding carboxylic acids is 1. The molecule has 7 nitrogen and oxygen atoms in total. The predicted molar refractivity (Wildman–Crippen MR) is 107 cm³/mol. The lowest BCUT2D eigenvalue weighted by atomic mass is 10.1. The van der Waals surface area contributed by atoms with E-state index in [2.05, 4.69) is 10.3 Å². The molecule has 0 aliphatic carbocycles. The number of nitrogens with one attached hydrogen (secondary N) is 1. The zero-order valence-electron chi connectivity index (χ0n) is 14.6. The Labute approximate surface area is 163 Å². The summed E-state index contributed by atoms with van der Waals surface area (Å²) in [5, 5.41) is 3.48. The number of benzene rings is 1. The average Bonchev–Trinajstić information content (AvgIpc) is 3.50. The minimum absolute atomic E-state index is 0.216. The van der Waals surface area contributed by atoms with Crippen molar-refractivity contribution in [2.45, 2.75) is 0 Å². The number of carbonyl (C=O) groups is 1. The lowest BCUT2D eigenvalue weighted by Crippen LogP contribution is -2.27. The molecule has 3 aromatic heterocycles. The number of amides is 1. The van der Waals surface area contributed by atoms with Crippen LogP contribution in [0.4, 0.5) is 0 Å². The van der Waals surface area contributed by atoms with Crippen molar-refractivity contribution in [1.82, 2.24) is 15.3 Å². The maximum absolute atomic E-state index is 12.5. The number of furan rings is 2. The quantitative estimate of drug-likeness (QED) is 0.569. The molecule has 0 saturated carbocycles. The summed E-state index contributed by atoms with van der Waals surface area (Å²) in [6.07, 6.45) is 3.17. The van der Waals surface area contributed by atoms with Crippen LogP contribution in [0.15, 0.2) is 68.8 Å². The smallest absolute Gasteiger partial charge is 0.257 e. The fourth-order valence-electron chi connectivity index (χ4n) is 2.95. The van der Waals surface area contributed by atoms with Gasteiger partial charge in [0.1, 0.15) is 11.4 Å². The van der Waals surface area contributed by atoms with Crippen molar-refractivity contribution in [3.63, 3.8) is 0 Å². The minimum atomic E-state index is -0.216. The zero-order valence-corrected chi connectivity index (χ0v) is 15.4. The van der Waals surface area contributed by atoms with Gasteiger partial charge < -0.3 is 14.2 Å². The first kappa shape index (κ1) is 16.8. The lowest BCUT2D eigenvalue weighted by Gasteiger charge is -2.08. The van der Waals surface area contributed by atoms with Crippen LogP contribution in [0.2, 0.25) is 0 Å². The van der Waals surface area contributed by atoms with E-state index in [9.17, 15) is 4.79 Å². The van der Waals surface area contributed by atoms with Gasteiger partial charge >= 0.3 is 0 Å². The number of rotatable bonds is 3. The molecule has 0 bridgehead atoms.